The number of anilines is 2. The summed E-state index contributed by atoms with van der Waals surface area (Å²) in [5, 5.41) is 5.95. The molecule has 2 N–H and O–H groups in total. The van der Waals surface area contributed by atoms with E-state index in [9.17, 15) is 4.79 Å². The lowest BCUT2D eigenvalue weighted by atomic mass is 10.1. The van der Waals surface area contributed by atoms with Crippen LogP contribution < -0.4 is 20.1 Å². The zero-order valence-corrected chi connectivity index (χ0v) is 15.8. The second-order valence-electron chi connectivity index (χ2n) is 6.01. The van der Waals surface area contributed by atoms with Crippen LogP contribution in [0.1, 0.15) is 15.9 Å². The first-order valence-electron chi connectivity index (χ1n) is 8.82. The van der Waals surface area contributed by atoms with E-state index in [1.807, 2.05) is 24.3 Å². The average Bonchev–Trinajstić information content (AvgIpc) is 2.75. The molecule has 3 aromatic rings. The number of carbonyl (C=O) groups excluding carboxylic acids is 1. The maximum atomic E-state index is 12.3. The standard InChI is InChI=1S/C21H22N4O3/c1-27-18-8-6-17(7-9-18)25-20(26)16-13-23-21(24-14-16)22-11-10-15-4-3-5-19(12-15)28-2/h3-9,12-14H,10-11H2,1-2H3,(H,25,26)(H,22,23,24). The zero-order chi connectivity index (χ0) is 19.8. The van der Waals surface area contributed by atoms with Gasteiger partial charge in [-0.15, -0.1) is 0 Å². The molecule has 1 heterocycles. The highest BCUT2D eigenvalue weighted by Gasteiger charge is 2.08. The minimum atomic E-state index is -0.270. The SMILES string of the molecule is COc1ccc(NC(=O)c2cnc(NCCc3cccc(OC)c3)nc2)cc1. The van der Waals surface area contributed by atoms with Gasteiger partial charge in [0.05, 0.1) is 19.8 Å². The molecule has 0 bridgehead atoms. The Morgan fingerprint density at radius 3 is 2.36 bits per heavy atom. The molecule has 0 unspecified atom stereocenters. The predicted octanol–water partition coefficient (Wildman–Crippen LogP) is 3.40. The molecule has 28 heavy (non-hydrogen) atoms. The summed E-state index contributed by atoms with van der Waals surface area (Å²) < 4.78 is 10.3. The van der Waals surface area contributed by atoms with Crippen molar-refractivity contribution in [3.8, 4) is 11.5 Å². The first-order valence-corrected chi connectivity index (χ1v) is 8.82. The van der Waals surface area contributed by atoms with Crippen LogP contribution >= 0.6 is 0 Å². The van der Waals surface area contributed by atoms with Gasteiger partial charge in [0.2, 0.25) is 5.95 Å². The van der Waals surface area contributed by atoms with E-state index in [-0.39, 0.29) is 5.91 Å². The van der Waals surface area contributed by atoms with E-state index in [0.29, 0.717) is 23.7 Å². The fraction of sp³-hybridized carbons (Fsp3) is 0.190. The molecule has 0 aliphatic carbocycles. The number of amides is 1. The third-order valence-corrected chi connectivity index (χ3v) is 4.09. The highest BCUT2D eigenvalue weighted by molar-refractivity contribution is 6.03. The van der Waals surface area contributed by atoms with Gasteiger partial charge in [-0.3, -0.25) is 4.79 Å². The summed E-state index contributed by atoms with van der Waals surface area (Å²) in [7, 11) is 3.24. The van der Waals surface area contributed by atoms with Crippen molar-refractivity contribution >= 4 is 17.5 Å². The molecule has 2 aromatic carbocycles. The van der Waals surface area contributed by atoms with Gasteiger partial charge in [-0.1, -0.05) is 12.1 Å². The van der Waals surface area contributed by atoms with Gasteiger partial charge in [0.25, 0.3) is 5.91 Å². The molecule has 1 amide bonds. The van der Waals surface area contributed by atoms with Gasteiger partial charge < -0.3 is 20.1 Å². The van der Waals surface area contributed by atoms with Crippen molar-refractivity contribution < 1.29 is 14.3 Å². The van der Waals surface area contributed by atoms with E-state index in [1.54, 1.807) is 38.5 Å². The Kier molecular flexibility index (Phi) is 6.41. The number of benzene rings is 2. The quantitative estimate of drug-likeness (QED) is 0.625. The van der Waals surface area contributed by atoms with E-state index in [1.165, 1.54) is 12.4 Å². The fourth-order valence-electron chi connectivity index (χ4n) is 2.56. The number of methoxy groups -OCH3 is 2. The molecule has 0 atom stereocenters. The Balaban J connectivity index is 1.51. The van der Waals surface area contributed by atoms with Crippen LogP contribution in [0.25, 0.3) is 0 Å². The molecular formula is C21H22N4O3. The third-order valence-electron chi connectivity index (χ3n) is 4.09. The molecule has 0 aliphatic rings. The summed E-state index contributed by atoms with van der Waals surface area (Å²) in [6.07, 6.45) is 3.81. The molecule has 0 fully saturated rings. The van der Waals surface area contributed by atoms with Crippen LogP contribution in [0.5, 0.6) is 11.5 Å². The topological polar surface area (TPSA) is 85.4 Å². The number of carbonyl (C=O) groups is 1. The number of rotatable bonds is 8. The molecule has 0 saturated carbocycles. The summed E-state index contributed by atoms with van der Waals surface area (Å²) >= 11 is 0. The van der Waals surface area contributed by atoms with Crippen LogP contribution in [0, 0.1) is 0 Å². The minimum absolute atomic E-state index is 0.270. The molecule has 7 nitrogen and oxygen atoms in total. The lowest BCUT2D eigenvalue weighted by Crippen LogP contribution is -2.14. The van der Waals surface area contributed by atoms with Crippen LogP contribution in [0.2, 0.25) is 0 Å². The number of aromatic nitrogens is 2. The number of nitrogens with one attached hydrogen (secondary N) is 2. The number of ether oxygens (including phenoxy) is 2. The molecule has 1 aromatic heterocycles. The zero-order valence-electron chi connectivity index (χ0n) is 15.8. The van der Waals surface area contributed by atoms with Gasteiger partial charge >= 0.3 is 0 Å². The maximum absolute atomic E-state index is 12.3. The van der Waals surface area contributed by atoms with Crippen LogP contribution in [0.3, 0.4) is 0 Å². The molecule has 0 radical (unpaired) electrons. The summed E-state index contributed by atoms with van der Waals surface area (Å²) in [6, 6.07) is 15.0. The Labute approximate surface area is 163 Å². The van der Waals surface area contributed by atoms with Crippen molar-refractivity contribution in [3.05, 3.63) is 72.1 Å². The van der Waals surface area contributed by atoms with Crippen molar-refractivity contribution in [3.63, 3.8) is 0 Å². The number of hydrogen-bond acceptors (Lipinski definition) is 6. The normalized spacial score (nSPS) is 10.2. The Morgan fingerprint density at radius 1 is 0.964 bits per heavy atom. The van der Waals surface area contributed by atoms with Crippen molar-refractivity contribution in [2.45, 2.75) is 6.42 Å². The van der Waals surface area contributed by atoms with Crippen molar-refractivity contribution in [2.75, 3.05) is 31.4 Å². The van der Waals surface area contributed by atoms with Crippen LogP contribution in [0.4, 0.5) is 11.6 Å². The highest BCUT2D eigenvalue weighted by Crippen LogP contribution is 2.16. The van der Waals surface area contributed by atoms with E-state index in [0.717, 1.165) is 23.5 Å². The van der Waals surface area contributed by atoms with Gasteiger partial charge in [0.15, 0.2) is 0 Å². The monoisotopic (exact) mass is 378 g/mol. The van der Waals surface area contributed by atoms with E-state index in [4.69, 9.17) is 9.47 Å². The number of nitrogens with zero attached hydrogens (tertiary/aromatic N) is 2. The fourth-order valence-corrected chi connectivity index (χ4v) is 2.56. The lowest BCUT2D eigenvalue weighted by Gasteiger charge is -2.08. The molecule has 0 spiro atoms. The van der Waals surface area contributed by atoms with Gasteiger partial charge in [0, 0.05) is 24.6 Å². The summed E-state index contributed by atoms with van der Waals surface area (Å²) in [5.74, 6) is 1.77. The van der Waals surface area contributed by atoms with Crippen molar-refractivity contribution in [1.29, 1.82) is 0 Å². The summed E-state index contributed by atoms with van der Waals surface area (Å²) in [5.41, 5.74) is 2.21. The molecular weight excluding hydrogens is 356 g/mol. The van der Waals surface area contributed by atoms with Crippen LogP contribution in [-0.2, 0) is 6.42 Å². The maximum Gasteiger partial charge on any atom is 0.258 e. The summed E-state index contributed by atoms with van der Waals surface area (Å²) in [4.78, 5) is 20.7. The third kappa shape index (κ3) is 5.20. The largest absolute Gasteiger partial charge is 0.497 e. The highest BCUT2D eigenvalue weighted by atomic mass is 16.5. The van der Waals surface area contributed by atoms with Gasteiger partial charge in [0.1, 0.15) is 11.5 Å². The van der Waals surface area contributed by atoms with Crippen molar-refractivity contribution in [2.24, 2.45) is 0 Å². The average molecular weight is 378 g/mol. The van der Waals surface area contributed by atoms with Gasteiger partial charge in [-0.25, -0.2) is 9.97 Å². The molecule has 3 rings (SSSR count). The smallest absolute Gasteiger partial charge is 0.258 e. The second-order valence-corrected chi connectivity index (χ2v) is 6.01. The molecule has 0 saturated heterocycles. The first-order chi connectivity index (χ1) is 13.7. The van der Waals surface area contributed by atoms with E-state index < -0.39 is 0 Å². The van der Waals surface area contributed by atoms with Crippen LogP contribution in [0.15, 0.2) is 60.9 Å². The predicted molar refractivity (Wildman–Crippen MR) is 108 cm³/mol. The van der Waals surface area contributed by atoms with E-state index in [2.05, 4.69) is 20.6 Å². The molecule has 0 aliphatic heterocycles. The van der Waals surface area contributed by atoms with Crippen molar-refractivity contribution in [1.82, 2.24) is 9.97 Å². The Bertz CT molecular complexity index is 912. The Morgan fingerprint density at radius 2 is 1.68 bits per heavy atom. The van der Waals surface area contributed by atoms with Gasteiger partial charge in [-0.2, -0.15) is 0 Å². The number of hydrogen-bond donors (Lipinski definition) is 2. The molecule has 144 valence electrons. The minimum Gasteiger partial charge on any atom is -0.497 e. The van der Waals surface area contributed by atoms with Crippen LogP contribution in [-0.4, -0.2) is 36.6 Å². The second kappa shape index (κ2) is 9.36. The Hall–Kier alpha value is -3.61. The van der Waals surface area contributed by atoms with E-state index >= 15 is 0 Å². The van der Waals surface area contributed by atoms with Gasteiger partial charge in [-0.05, 0) is 48.4 Å². The first kappa shape index (κ1) is 19.2. The summed E-state index contributed by atoms with van der Waals surface area (Å²) in [6.45, 7) is 0.671. The lowest BCUT2D eigenvalue weighted by molar-refractivity contribution is 0.102. The molecule has 7 heteroatoms.